The highest BCUT2D eigenvalue weighted by Gasteiger charge is 2.09. The number of fused-ring (bicyclic) bond motifs is 1. The van der Waals surface area contributed by atoms with E-state index in [1.54, 1.807) is 11.3 Å². The molecule has 3 rings (SSSR count). The Kier molecular flexibility index (Phi) is 4.52. The van der Waals surface area contributed by atoms with E-state index in [-0.39, 0.29) is 0 Å². The molecule has 2 aromatic heterocycles. The maximum Gasteiger partial charge on any atom is 0.148 e. The largest absolute Gasteiger partial charge is 0.316 e. The molecule has 0 bridgehead atoms. The molecule has 0 saturated carbocycles. The van der Waals surface area contributed by atoms with E-state index in [9.17, 15) is 0 Å². The fraction of sp³-hybridized carbons (Fsp3) is 0.312. The van der Waals surface area contributed by atoms with Crippen molar-refractivity contribution < 1.29 is 0 Å². The van der Waals surface area contributed by atoms with Crippen molar-refractivity contribution in [3.8, 4) is 10.6 Å². The molecule has 4 nitrogen and oxygen atoms in total. The van der Waals surface area contributed by atoms with E-state index in [0.29, 0.717) is 0 Å². The minimum Gasteiger partial charge on any atom is -0.316 e. The number of benzene rings is 1. The predicted octanol–water partition coefficient (Wildman–Crippen LogP) is 3.30. The highest BCUT2D eigenvalue weighted by Crippen LogP contribution is 2.29. The van der Waals surface area contributed by atoms with Crippen LogP contribution in [0, 0.1) is 0 Å². The summed E-state index contributed by atoms with van der Waals surface area (Å²) in [5.74, 6) is 0. The maximum atomic E-state index is 4.39. The quantitative estimate of drug-likeness (QED) is 0.709. The van der Waals surface area contributed by atoms with E-state index < -0.39 is 0 Å². The number of rotatable bonds is 6. The lowest BCUT2D eigenvalue weighted by molar-refractivity contribution is 0.668. The van der Waals surface area contributed by atoms with Gasteiger partial charge in [0.1, 0.15) is 10.0 Å². The Bertz CT molecular complexity index is 718. The summed E-state index contributed by atoms with van der Waals surface area (Å²) in [5.41, 5.74) is 2.11. The van der Waals surface area contributed by atoms with Gasteiger partial charge in [-0.2, -0.15) is 0 Å². The summed E-state index contributed by atoms with van der Waals surface area (Å²) >= 11 is 1.67. The van der Waals surface area contributed by atoms with Crippen LogP contribution in [0.1, 0.15) is 18.4 Å². The van der Waals surface area contributed by atoms with Gasteiger partial charge in [-0.1, -0.05) is 36.5 Å². The Morgan fingerprint density at radius 1 is 1.10 bits per heavy atom. The minimum atomic E-state index is 0.931. The molecule has 0 spiro atoms. The second kappa shape index (κ2) is 6.74. The Morgan fingerprint density at radius 3 is 2.95 bits per heavy atom. The van der Waals surface area contributed by atoms with Crippen LogP contribution in [-0.4, -0.2) is 28.3 Å². The highest BCUT2D eigenvalue weighted by molar-refractivity contribution is 7.14. The summed E-state index contributed by atoms with van der Waals surface area (Å²) in [5, 5.41) is 15.2. The standard InChI is InChI=1S/C16H18N4S/c1-2-9-17-11-8-15-19-20-16(21-15)13-5-3-7-14-12(13)6-4-10-18-14/h3-7,10,17H,2,8-9,11H2,1H3. The van der Waals surface area contributed by atoms with Gasteiger partial charge in [0.25, 0.3) is 0 Å². The third-order valence-corrected chi connectivity index (χ3v) is 4.30. The van der Waals surface area contributed by atoms with Gasteiger partial charge < -0.3 is 5.32 Å². The number of hydrogen-bond acceptors (Lipinski definition) is 5. The molecule has 108 valence electrons. The van der Waals surface area contributed by atoms with E-state index in [1.807, 2.05) is 24.4 Å². The molecule has 0 aliphatic heterocycles. The SMILES string of the molecule is CCCNCCc1nnc(-c2cccc3ncccc23)s1. The van der Waals surface area contributed by atoms with Gasteiger partial charge in [-0.05, 0) is 25.1 Å². The van der Waals surface area contributed by atoms with Gasteiger partial charge in [0.2, 0.25) is 0 Å². The maximum absolute atomic E-state index is 4.39. The summed E-state index contributed by atoms with van der Waals surface area (Å²) in [6, 6.07) is 10.2. The Labute approximate surface area is 128 Å². The number of pyridine rings is 1. The summed E-state index contributed by atoms with van der Waals surface area (Å²) < 4.78 is 0. The lowest BCUT2D eigenvalue weighted by Gasteiger charge is -2.01. The molecule has 0 aliphatic rings. The molecule has 1 N–H and O–H groups in total. The summed E-state index contributed by atoms with van der Waals surface area (Å²) in [6.45, 7) is 4.19. The molecule has 3 aromatic rings. The molecule has 5 heteroatoms. The average molecular weight is 298 g/mol. The molecule has 0 unspecified atom stereocenters. The molecule has 0 fully saturated rings. The molecule has 0 aliphatic carbocycles. The number of nitrogens with one attached hydrogen (secondary N) is 1. The number of nitrogens with zero attached hydrogens (tertiary/aromatic N) is 3. The third kappa shape index (κ3) is 3.25. The first-order valence-electron chi connectivity index (χ1n) is 7.25. The molecule has 1 aromatic carbocycles. The third-order valence-electron chi connectivity index (χ3n) is 3.29. The predicted molar refractivity (Wildman–Crippen MR) is 87.5 cm³/mol. The van der Waals surface area contributed by atoms with E-state index in [1.165, 1.54) is 0 Å². The second-order valence-electron chi connectivity index (χ2n) is 4.88. The van der Waals surface area contributed by atoms with Crippen LogP contribution in [0.2, 0.25) is 0 Å². The van der Waals surface area contributed by atoms with Gasteiger partial charge in [0.05, 0.1) is 5.52 Å². The minimum absolute atomic E-state index is 0.931. The Morgan fingerprint density at radius 2 is 2.05 bits per heavy atom. The van der Waals surface area contributed by atoms with Crippen molar-refractivity contribution in [1.82, 2.24) is 20.5 Å². The van der Waals surface area contributed by atoms with Crippen LogP contribution < -0.4 is 5.32 Å². The topological polar surface area (TPSA) is 50.7 Å². The fourth-order valence-electron chi connectivity index (χ4n) is 2.25. The van der Waals surface area contributed by atoms with Gasteiger partial charge in [-0.15, -0.1) is 10.2 Å². The van der Waals surface area contributed by atoms with E-state index in [0.717, 1.165) is 52.4 Å². The van der Waals surface area contributed by atoms with Gasteiger partial charge in [0.15, 0.2) is 0 Å². The van der Waals surface area contributed by atoms with Crippen LogP contribution in [0.25, 0.3) is 21.5 Å². The molecule has 2 heterocycles. The lowest BCUT2D eigenvalue weighted by atomic mass is 10.1. The van der Waals surface area contributed by atoms with Crippen LogP contribution in [0.4, 0.5) is 0 Å². The van der Waals surface area contributed by atoms with Crippen LogP contribution in [0.5, 0.6) is 0 Å². The van der Waals surface area contributed by atoms with Crippen molar-refractivity contribution in [1.29, 1.82) is 0 Å². The monoisotopic (exact) mass is 298 g/mol. The van der Waals surface area contributed by atoms with Crippen molar-refractivity contribution in [2.24, 2.45) is 0 Å². The zero-order chi connectivity index (χ0) is 14.5. The second-order valence-corrected chi connectivity index (χ2v) is 5.94. The van der Waals surface area contributed by atoms with Crippen LogP contribution >= 0.6 is 11.3 Å². The fourth-order valence-corrected chi connectivity index (χ4v) is 3.13. The Hall–Kier alpha value is -1.85. The first-order chi connectivity index (χ1) is 10.4. The highest BCUT2D eigenvalue weighted by atomic mass is 32.1. The van der Waals surface area contributed by atoms with Crippen LogP contribution in [0.15, 0.2) is 36.5 Å². The van der Waals surface area contributed by atoms with Gasteiger partial charge in [0, 0.05) is 30.1 Å². The summed E-state index contributed by atoms with van der Waals surface area (Å²) in [6.07, 6.45) is 3.90. The van der Waals surface area contributed by atoms with Crippen molar-refractivity contribution in [2.45, 2.75) is 19.8 Å². The zero-order valence-corrected chi connectivity index (χ0v) is 12.9. The summed E-state index contributed by atoms with van der Waals surface area (Å²) in [7, 11) is 0. The molecule has 0 atom stereocenters. The lowest BCUT2D eigenvalue weighted by Crippen LogP contribution is -2.17. The molecular formula is C16H18N4S. The zero-order valence-electron chi connectivity index (χ0n) is 12.0. The van der Waals surface area contributed by atoms with Gasteiger partial charge in [-0.3, -0.25) is 4.98 Å². The molecular weight excluding hydrogens is 280 g/mol. The van der Waals surface area contributed by atoms with Crippen molar-refractivity contribution in [3.05, 3.63) is 41.5 Å². The van der Waals surface area contributed by atoms with Gasteiger partial charge in [-0.25, -0.2) is 0 Å². The van der Waals surface area contributed by atoms with Crippen molar-refractivity contribution >= 4 is 22.2 Å². The summed E-state index contributed by atoms with van der Waals surface area (Å²) in [4.78, 5) is 4.39. The molecule has 0 amide bonds. The first-order valence-corrected chi connectivity index (χ1v) is 8.07. The smallest absolute Gasteiger partial charge is 0.148 e. The number of aromatic nitrogens is 3. The van der Waals surface area contributed by atoms with Crippen LogP contribution in [-0.2, 0) is 6.42 Å². The molecule has 21 heavy (non-hydrogen) atoms. The number of hydrogen-bond donors (Lipinski definition) is 1. The van der Waals surface area contributed by atoms with Crippen molar-refractivity contribution in [2.75, 3.05) is 13.1 Å². The van der Waals surface area contributed by atoms with E-state index in [4.69, 9.17) is 0 Å². The van der Waals surface area contributed by atoms with Crippen molar-refractivity contribution in [3.63, 3.8) is 0 Å². The Balaban J connectivity index is 1.81. The van der Waals surface area contributed by atoms with E-state index >= 15 is 0 Å². The van der Waals surface area contributed by atoms with E-state index in [2.05, 4.69) is 39.6 Å². The average Bonchev–Trinajstić information content (AvgIpc) is 3.00. The molecule has 0 saturated heterocycles. The van der Waals surface area contributed by atoms with Gasteiger partial charge >= 0.3 is 0 Å². The first kappa shape index (κ1) is 14.1. The van der Waals surface area contributed by atoms with Crippen LogP contribution in [0.3, 0.4) is 0 Å². The molecule has 0 radical (unpaired) electrons. The normalized spacial score (nSPS) is 11.1.